The molecular formula is C13H15N5S. The van der Waals surface area contributed by atoms with Crippen molar-refractivity contribution in [1.82, 2.24) is 15.2 Å². The fraction of sp³-hybridized carbons (Fsp3) is 0.385. The summed E-state index contributed by atoms with van der Waals surface area (Å²) < 4.78 is 0. The second-order valence-corrected chi connectivity index (χ2v) is 5.50. The van der Waals surface area contributed by atoms with Crippen molar-refractivity contribution in [2.45, 2.75) is 27.3 Å². The predicted octanol–water partition coefficient (Wildman–Crippen LogP) is 2.37. The molecule has 0 saturated heterocycles. The maximum Gasteiger partial charge on any atom is 0.169 e. The highest BCUT2D eigenvalue weighted by Crippen LogP contribution is 2.22. The van der Waals surface area contributed by atoms with Gasteiger partial charge in [0.1, 0.15) is 11.6 Å². The van der Waals surface area contributed by atoms with Crippen molar-refractivity contribution in [2.24, 2.45) is 0 Å². The van der Waals surface area contributed by atoms with E-state index in [1.54, 1.807) is 11.3 Å². The van der Waals surface area contributed by atoms with Gasteiger partial charge in [0.05, 0.1) is 22.9 Å². The fourth-order valence-corrected chi connectivity index (χ4v) is 2.40. The van der Waals surface area contributed by atoms with Gasteiger partial charge in [-0.2, -0.15) is 10.4 Å². The van der Waals surface area contributed by atoms with Crippen LogP contribution in [0.3, 0.4) is 0 Å². The molecule has 2 aromatic rings. The van der Waals surface area contributed by atoms with Crippen molar-refractivity contribution in [3.05, 3.63) is 32.9 Å². The first-order valence-corrected chi connectivity index (χ1v) is 6.77. The first-order chi connectivity index (χ1) is 9.02. The number of nitriles is 1. The lowest BCUT2D eigenvalue weighted by molar-refractivity contribution is 0.831. The van der Waals surface area contributed by atoms with Crippen molar-refractivity contribution < 1.29 is 0 Å². The van der Waals surface area contributed by atoms with Crippen LogP contribution in [0.25, 0.3) is 0 Å². The van der Waals surface area contributed by atoms with E-state index in [2.05, 4.69) is 21.3 Å². The number of rotatable bonds is 3. The van der Waals surface area contributed by atoms with Crippen molar-refractivity contribution in [2.75, 3.05) is 11.9 Å². The van der Waals surface area contributed by atoms with Gasteiger partial charge in [-0.1, -0.05) is 0 Å². The Kier molecular flexibility index (Phi) is 3.76. The van der Waals surface area contributed by atoms with E-state index in [4.69, 9.17) is 0 Å². The van der Waals surface area contributed by atoms with Crippen LogP contribution in [0.2, 0.25) is 0 Å². The van der Waals surface area contributed by atoms with Crippen LogP contribution in [0, 0.1) is 32.1 Å². The molecule has 0 fully saturated rings. The van der Waals surface area contributed by atoms with E-state index in [9.17, 15) is 5.26 Å². The lowest BCUT2D eigenvalue weighted by Gasteiger charge is -2.18. The number of hydrogen-bond donors (Lipinski definition) is 0. The summed E-state index contributed by atoms with van der Waals surface area (Å²) in [6, 6.07) is 2.21. The molecule has 0 spiro atoms. The molecule has 0 N–H and O–H groups in total. The highest BCUT2D eigenvalue weighted by Gasteiger charge is 2.15. The summed E-state index contributed by atoms with van der Waals surface area (Å²) in [4.78, 5) is 6.33. The molecule has 5 nitrogen and oxygen atoms in total. The van der Waals surface area contributed by atoms with Crippen LogP contribution in [0.1, 0.15) is 27.5 Å². The van der Waals surface area contributed by atoms with Gasteiger partial charge in [0.25, 0.3) is 0 Å². The van der Waals surface area contributed by atoms with Gasteiger partial charge in [0.15, 0.2) is 5.82 Å². The van der Waals surface area contributed by atoms with Gasteiger partial charge >= 0.3 is 0 Å². The largest absolute Gasteiger partial charge is 0.351 e. The third kappa shape index (κ3) is 2.71. The van der Waals surface area contributed by atoms with Crippen LogP contribution < -0.4 is 4.90 Å². The SMILES string of the molecule is Cc1nc(CN(C)c2nnc(C)c(C)c2C#N)cs1. The van der Waals surface area contributed by atoms with Crippen molar-refractivity contribution >= 4 is 17.2 Å². The molecule has 0 amide bonds. The van der Waals surface area contributed by atoms with Crippen LogP contribution in [-0.4, -0.2) is 22.2 Å². The van der Waals surface area contributed by atoms with E-state index >= 15 is 0 Å². The van der Waals surface area contributed by atoms with E-state index in [-0.39, 0.29) is 0 Å². The van der Waals surface area contributed by atoms with Crippen LogP contribution in [0.15, 0.2) is 5.38 Å². The van der Waals surface area contributed by atoms with Crippen molar-refractivity contribution in [3.63, 3.8) is 0 Å². The lowest BCUT2D eigenvalue weighted by atomic mass is 10.1. The highest BCUT2D eigenvalue weighted by atomic mass is 32.1. The van der Waals surface area contributed by atoms with Crippen LogP contribution in [-0.2, 0) is 6.54 Å². The molecule has 0 atom stereocenters. The third-order valence-corrected chi connectivity index (χ3v) is 3.80. The summed E-state index contributed by atoms with van der Waals surface area (Å²) in [6.07, 6.45) is 0. The molecule has 0 aromatic carbocycles. The molecule has 0 saturated carbocycles. The van der Waals surface area contributed by atoms with Gasteiger partial charge in [-0.3, -0.25) is 0 Å². The first-order valence-electron chi connectivity index (χ1n) is 5.89. The zero-order valence-electron chi connectivity index (χ0n) is 11.4. The smallest absolute Gasteiger partial charge is 0.169 e. The van der Waals surface area contributed by atoms with E-state index in [0.29, 0.717) is 17.9 Å². The zero-order chi connectivity index (χ0) is 14.0. The monoisotopic (exact) mass is 273 g/mol. The van der Waals surface area contributed by atoms with E-state index in [0.717, 1.165) is 22.0 Å². The topological polar surface area (TPSA) is 65.7 Å². The minimum absolute atomic E-state index is 0.585. The molecule has 98 valence electrons. The summed E-state index contributed by atoms with van der Waals surface area (Å²) >= 11 is 1.62. The molecule has 2 rings (SSSR count). The second kappa shape index (κ2) is 5.33. The molecule has 6 heteroatoms. The Labute approximate surface area is 116 Å². The standard InChI is InChI=1S/C13H15N5S/c1-8-9(2)16-17-13(12(8)5-14)18(4)6-11-7-19-10(3)15-11/h7H,6H2,1-4H3. The number of thiazole rings is 1. The Bertz CT molecular complexity index is 641. The average molecular weight is 273 g/mol. The van der Waals surface area contributed by atoms with Crippen molar-refractivity contribution in [1.29, 1.82) is 5.26 Å². The quantitative estimate of drug-likeness (QED) is 0.859. The Morgan fingerprint density at radius 3 is 2.63 bits per heavy atom. The molecule has 0 bridgehead atoms. The van der Waals surface area contributed by atoms with Gasteiger partial charge in [0.2, 0.25) is 0 Å². The summed E-state index contributed by atoms with van der Waals surface area (Å²) in [5, 5.41) is 20.6. The summed E-state index contributed by atoms with van der Waals surface area (Å²) in [7, 11) is 1.90. The molecule has 0 radical (unpaired) electrons. The van der Waals surface area contributed by atoms with E-state index in [1.165, 1.54) is 0 Å². The van der Waals surface area contributed by atoms with E-state index < -0.39 is 0 Å². The lowest BCUT2D eigenvalue weighted by Crippen LogP contribution is -2.20. The third-order valence-electron chi connectivity index (χ3n) is 2.98. The maximum absolute atomic E-state index is 9.28. The van der Waals surface area contributed by atoms with Crippen molar-refractivity contribution in [3.8, 4) is 6.07 Å². The predicted molar refractivity (Wildman–Crippen MR) is 75.2 cm³/mol. The molecule has 2 aromatic heterocycles. The Morgan fingerprint density at radius 2 is 2.05 bits per heavy atom. The van der Waals surface area contributed by atoms with Gasteiger partial charge in [-0.05, 0) is 26.3 Å². The number of hydrogen-bond acceptors (Lipinski definition) is 6. The molecule has 0 unspecified atom stereocenters. The van der Waals surface area contributed by atoms with Gasteiger partial charge in [0, 0.05) is 12.4 Å². The number of anilines is 1. The molecule has 0 aliphatic rings. The summed E-state index contributed by atoms with van der Waals surface area (Å²) in [6.45, 7) is 6.35. The molecule has 0 aliphatic heterocycles. The summed E-state index contributed by atoms with van der Waals surface area (Å²) in [5.74, 6) is 0.608. The minimum atomic E-state index is 0.585. The Hall–Kier alpha value is -2.00. The Morgan fingerprint density at radius 1 is 1.32 bits per heavy atom. The molecule has 2 heterocycles. The van der Waals surface area contributed by atoms with Crippen LogP contribution in [0.4, 0.5) is 5.82 Å². The van der Waals surface area contributed by atoms with E-state index in [1.807, 2.05) is 38.1 Å². The van der Waals surface area contributed by atoms with Crippen LogP contribution >= 0.6 is 11.3 Å². The molecule has 0 aliphatic carbocycles. The maximum atomic E-state index is 9.28. The average Bonchev–Trinajstić information content (AvgIpc) is 2.77. The number of aryl methyl sites for hydroxylation is 2. The van der Waals surface area contributed by atoms with Gasteiger partial charge < -0.3 is 4.90 Å². The molecular weight excluding hydrogens is 258 g/mol. The summed E-state index contributed by atoms with van der Waals surface area (Å²) in [5.41, 5.74) is 3.24. The number of aromatic nitrogens is 3. The molecule has 19 heavy (non-hydrogen) atoms. The number of nitrogens with zero attached hydrogens (tertiary/aromatic N) is 5. The normalized spacial score (nSPS) is 10.3. The minimum Gasteiger partial charge on any atom is -0.351 e. The zero-order valence-corrected chi connectivity index (χ0v) is 12.2. The Balaban J connectivity index is 2.32. The van der Waals surface area contributed by atoms with Crippen LogP contribution in [0.5, 0.6) is 0 Å². The highest BCUT2D eigenvalue weighted by molar-refractivity contribution is 7.09. The van der Waals surface area contributed by atoms with Gasteiger partial charge in [-0.25, -0.2) is 4.98 Å². The van der Waals surface area contributed by atoms with Gasteiger partial charge in [-0.15, -0.1) is 16.4 Å². The second-order valence-electron chi connectivity index (χ2n) is 4.43. The fourth-order valence-electron chi connectivity index (χ4n) is 1.80. The first kappa shape index (κ1) is 13.4.